The normalized spacial score (nSPS) is 24.1. The van der Waals surface area contributed by atoms with Crippen LogP contribution in [0.15, 0.2) is 47.4 Å². The summed E-state index contributed by atoms with van der Waals surface area (Å²) in [7, 11) is -3.59. The molecule has 1 aromatic carbocycles. The summed E-state index contributed by atoms with van der Waals surface area (Å²) < 4.78 is 30.5. The molecule has 0 radical (unpaired) electrons. The highest BCUT2D eigenvalue weighted by Gasteiger charge is 2.34. The van der Waals surface area contributed by atoms with E-state index in [0.29, 0.717) is 17.8 Å². The molecule has 2 rings (SSSR count). The molecule has 3 atom stereocenters. The summed E-state index contributed by atoms with van der Waals surface area (Å²) >= 11 is 0. The van der Waals surface area contributed by atoms with Crippen molar-refractivity contribution in [3.63, 3.8) is 0 Å². The molecule has 1 fully saturated rings. The Morgan fingerprint density at radius 1 is 1.24 bits per heavy atom. The van der Waals surface area contributed by atoms with Crippen molar-refractivity contribution in [1.29, 1.82) is 0 Å². The van der Waals surface area contributed by atoms with E-state index in [1.54, 1.807) is 18.2 Å². The van der Waals surface area contributed by atoms with Gasteiger partial charge in [-0.2, -0.15) is 0 Å². The fourth-order valence-corrected chi connectivity index (χ4v) is 4.79. The lowest BCUT2D eigenvalue weighted by Crippen LogP contribution is -2.36. The first-order valence-electron chi connectivity index (χ1n) is 8.87. The van der Waals surface area contributed by atoms with Crippen LogP contribution in [0.5, 0.6) is 0 Å². The van der Waals surface area contributed by atoms with Crippen molar-refractivity contribution >= 4 is 15.8 Å². The van der Waals surface area contributed by atoms with Gasteiger partial charge in [-0.15, -0.1) is 0 Å². The van der Waals surface area contributed by atoms with Gasteiger partial charge in [0.1, 0.15) is 6.10 Å². The quantitative estimate of drug-likeness (QED) is 0.565. The van der Waals surface area contributed by atoms with Crippen LogP contribution >= 0.6 is 0 Å². The third-order valence-corrected chi connectivity index (χ3v) is 6.69. The molecule has 138 valence electrons. The summed E-state index contributed by atoms with van der Waals surface area (Å²) in [4.78, 5) is 12.6. The fraction of sp³-hybridized carbons (Fsp3) is 0.550. The number of carbonyl (C=O) groups excluding carboxylic acids is 1. The van der Waals surface area contributed by atoms with E-state index in [1.165, 1.54) is 12.1 Å². The van der Waals surface area contributed by atoms with Crippen molar-refractivity contribution in [1.82, 2.24) is 0 Å². The summed E-state index contributed by atoms with van der Waals surface area (Å²) in [5.41, 5.74) is -0.00964. The van der Waals surface area contributed by atoms with Crippen LogP contribution in [0.25, 0.3) is 0 Å². The summed E-state index contributed by atoms with van der Waals surface area (Å²) in [6.07, 6.45) is 2.84. The Balaban J connectivity index is 2.03. The number of benzene rings is 1. The molecule has 0 saturated heterocycles. The zero-order valence-electron chi connectivity index (χ0n) is 15.3. The van der Waals surface area contributed by atoms with Crippen molar-refractivity contribution in [3.8, 4) is 0 Å². The number of ether oxygens (including phenoxy) is 1. The molecule has 0 spiro atoms. The molecule has 0 bridgehead atoms. The van der Waals surface area contributed by atoms with Crippen LogP contribution in [0.1, 0.15) is 40.0 Å². The van der Waals surface area contributed by atoms with Crippen LogP contribution < -0.4 is 0 Å². The first kappa shape index (κ1) is 19.7. The minimum atomic E-state index is -3.59. The van der Waals surface area contributed by atoms with E-state index >= 15 is 0 Å². The van der Waals surface area contributed by atoms with Gasteiger partial charge in [-0.25, -0.2) is 13.2 Å². The Hall–Kier alpha value is -1.62. The molecule has 25 heavy (non-hydrogen) atoms. The maximum absolute atomic E-state index is 12.4. The number of hydrogen-bond donors (Lipinski definition) is 0. The zero-order chi connectivity index (χ0) is 18.6. The van der Waals surface area contributed by atoms with E-state index in [0.717, 1.165) is 19.3 Å². The molecule has 1 saturated carbocycles. The van der Waals surface area contributed by atoms with E-state index in [-0.39, 0.29) is 16.6 Å². The average molecular weight is 365 g/mol. The van der Waals surface area contributed by atoms with E-state index in [2.05, 4.69) is 27.4 Å². The SMILES string of the molecule is C=C(CS(=O)(=O)c1ccccc1)C(=O)OC1CC(C)CCC1C(C)C. The molecule has 0 N–H and O–H groups in total. The van der Waals surface area contributed by atoms with E-state index < -0.39 is 21.6 Å². The van der Waals surface area contributed by atoms with Crippen molar-refractivity contribution < 1.29 is 17.9 Å². The minimum absolute atomic E-state index is 0.00964. The molecule has 3 unspecified atom stereocenters. The van der Waals surface area contributed by atoms with Crippen molar-refractivity contribution in [2.24, 2.45) is 17.8 Å². The second-order valence-electron chi connectivity index (χ2n) is 7.45. The van der Waals surface area contributed by atoms with Crippen LogP contribution in [-0.2, 0) is 19.4 Å². The Bertz CT molecular complexity index is 706. The Kier molecular flexibility index (Phi) is 6.44. The molecule has 0 aliphatic heterocycles. The lowest BCUT2D eigenvalue weighted by molar-refractivity contribution is -0.150. The molecular weight excluding hydrogens is 336 g/mol. The van der Waals surface area contributed by atoms with E-state index in [4.69, 9.17) is 4.74 Å². The number of esters is 1. The lowest BCUT2D eigenvalue weighted by Gasteiger charge is -2.36. The maximum Gasteiger partial charge on any atom is 0.334 e. The third-order valence-electron chi connectivity index (χ3n) is 4.97. The Labute approximate surface area is 151 Å². The number of rotatable bonds is 6. The smallest absolute Gasteiger partial charge is 0.334 e. The Morgan fingerprint density at radius 2 is 1.88 bits per heavy atom. The molecule has 4 nitrogen and oxygen atoms in total. The van der Waals surface area contributed by atoms with Crippen LogP contribution in [0.3, 0.4) is 0 Å². The van der Waals surface area contributed by atoms with Gasteiger partial charge in [0.2, 0.25) is 0 Å². The third kappa shape index (κ3) is 5.18. The molecular formula is C20H28O4S. The van der Waals surface area contributed by atoms with Gasteiger partial charge in [-0.1, -0.05) is 52.0 Å². The highest BCUT2D eigenvalue weighted by Crippen LogP contribution is 2.35. The minimum Gasteiger partial charge on any atom is -0.459 e. The predicted octanol–water partition coefficient (Wildman–Crippen LogP) is 4.02. The molecule has 0 amide bonds. The molecule has 1 aromatic rings. The van der Waals surface area contributed by atoms with Gasteiger partial charge >= 0.3 is 5.97 Å². The van der Waals surface area contributed by atoms with Crippen molar-refractivity contribution in [2.45, 2.75) is 51.0 Å². The maximum atomic E-state index is 12.4. The molecule has 0 aromatic heterocycles. The lowest BCUT2D eigenvalue weighted by atomic mass is 9.75. The second-order valence-corrected chi connectivity index (χ2v) is 9.44. The first-order chi connectivity index (χ1) is 11.7. The second kappa shape index (κ2) is 8.17. The molecule has 1 aliphatic carbocycles. The predicted molar refractivity (Wildman–Crippen MR) is 98.9 cm³/mol. The fourth-order valence-electron chi connectivity index (χ4n) is 3.47. The largest absolute Gasteiger partial charge is 0.459 e. The number of hydrogen-bond acceptors (Lipinski definition) is 4. The van der Waals surface area contributed by atoms with Crippen LogP contribution in [0.4, 0.5) is 0 Å². The van der Waals surface area contributed by atoms with Gasteiger partial charge in [0.05, 0.1) is 10.6 Å². The van der Waals surface area contributed by atoms with E-state index in [1.807, 2.05) is 0 Å². The topological polar surface area (TPSA) is 60.4 Å². The van der Waals surface area contributed by atoms with E-state index in [9.17, 15) is 13.2 Å². The summed E-state index contributed by atoms with van der Waals surface area (Å²) in [6.45, 7) is 10.1. The van der Waals surface area contributed by atoms with Crippen molar-refractivity contribution in [3.05, 3.63) is 42.5 Å². The van der Waals surface area contributed by atoms with Crippen LogP contribution in [0, 0.1) is 17.8 Å². The standard InChI is InChI=1S/C20H28O4S/c1-14(2)18-11-10-15(3)12-19(18)24-20(21)16(4)13-25(22,23)17-8-6-5-7-9-17/h5-9,14-15,18-19H,4,10-13H2,1-3H3. The highest BCUT2D eigenvalue weighted by molar-refractivity contribution is 7.91. The van der Waals surface area contributed by atoms with Crippen LogP contribution in [-0.4, -0.2) is 26.2 Å². The average Bonchev–Trinajstić information content (AvgIpc) is 2.55. The van der Waals surface area contributed by atoms with Crippen molar-refractivity contribution in [2.75, 3.05) is 5.75 Å². The Morgan fingerprint density at radius 3 is 2.48 bits per heavy atom. The molecule has 0 heterocycles. The summed E-state index contributed by atoms with van der Waals surface area (Å²) in [5, 5.41) is 0. The number of carbonyl (C=O) groups is 1. The van der Waals surface area contributed by atoms with Gasteiger partial charge in [-0.3, -0.25) is 0 Å². The highest BCUT2D eigenvalue weighted by atomic mass is 32.2. The molecule has 5 heteroatoms. The van der Waals surface area contributed by atoms with Gasteiger partial charge in [0, 0.05) is 5.57 Å². The van der Waals surface area contributed by atoms with Gasteiger partial charge in [-0.05, 0) is 42.7 Å². The van der Waals surface area contributed by atoms with Gasteiger partial charge in [0.15, 0.2) is 9.84 Å². The first-order valence-corrected chi connectivity index (χ1v) is 10.5. The summed E-state index contributed by atoms with van der Waals surface area (Å²) in [5.74, 6) is 0.244. The zero-order valence-corrected chi connectivity index (χ0v) is 16.1. The van der Waals surface area contributed by atoms with Gasteiger partial charge < -0.3 is 4.74 Å². The van der Waals surface area contributed by atoms with Gasteiger partial charge in [0.25, 0.3) is 0 Å². The summed E-state index contributed by atoms with van der Waals surface area (Å²) in [6, 6.07) is 8.10. The monoisotopic (exact) mass is 364 g/mol. The molecule has 1 aliphatic rings. The van der Waals surface area contributed by atoms with Crippen LogP contribution in [0.2, 0.25) is 0 Å². The number of sulfone groups is 1.